The molecule has 23 heavy (non-hydrogen) atoms. The number of hydrogen-bond acceptors (Lipinski definition) is 5. The van der Waals surface area contributed by atoms with Crippen LogP contribution >= 0.6 is 23.1 Å². The maximum atomic E-state index is 12.8. The van der Waals surface area contributed by atoms with Crippen LogP contribution in [0.1, 0.15) is 31.1 Å². The highest BCUT2D eigenvalue weighted by atomic mass is 32.2. The second kappa shape index (κ2) is 7.64. The van der Waals surface area contributed by atoms with Gasteiger partial charge in [0, 0.05) is 23.8 Å². The number of hydrogen-bond donors (Lipinski definition) is 0. The van der Waals surface area contributed by atoms with Crippen LogP contribution in [0.15, 0.2) is 28.7 Å². The van der Waals surface area contributed by atoms with Crippen LogP contribution in [0.4, 0.5) is 0 Å². The molecule has 1 aliphatic rings. The highest BCUT2D eigenvalue weighted by molar-refractivity contribution is 7.99. The third-order valence-electron chi connectivity index (χ3n) is 4.00. The van der Waals surface area contributed by atoms with Crippen molar-refractivity contribution in [3.63, 3.8) is 0 Å². The predicted molar refractivity (Wildman–Crippen MR) is 97.8 cm³/mol. The highest BCUT2D eigenvalue weighted by Gasteiger charge is 2.18. The summed E-state index contributed by atoms with van der Waals surface area (Å²) in [5, 5.41) is 1.51. The molecule has 1 atom stereocenters. The molecule has 2 aromatic heterocycles. The van der Waals surface area contributed by atoms with Gasteiger partial charge in [-0.2, -0.15) is 0 Å². The van der Waals surface area contributed by atoms with E-state index in [1.807, 2.05) is 6.07 Å². The van der Waals surface area contributed by atoms with Crippen LogP contribution in [0.5, 0.6) is 0 Å². The van der Waals surface area contributed by atoms with Crippen molar-refractivity contribution in [1.29, 1.82) is 0 Å². The summed E-state index contributed by atoms with van der Waals surface area (Å²) in [5.74, 6) is 0.848. The lowest BCUT2D eigenvalue weighted by atomic mass is 10.1. The lowest BCUT2D eigenvalue weighted by Crippen LogP contribution is -2.24. The van der Waals surface area contributed by atoms with E-state index >= 15 is 0 Å². The Morgan fingerprint density at radius 2 is 2.43 bits per heavy atom. The van der Waals surface area contributed by atoms with Gasteiger partial charge in [-0.15, -0.1) is 17.9 Å². The molecule has 6 heteroatoms. The summed E-state index contributed by atoms with van der Waals surface area (Å²) in [6, 6.07) is 1.98. The molecule has 0 aliphatic carbocycles. The van der Waals surface area contributed by atoms with Gasteiger partial charge < -0.3 is 4.74 Å². The quantitative estimate of drug-likeness (QED) is 0.451. The van der Waals surface area contributed by atoms with Crippen molar-refractivity contribution in [2.24, 2.45) is 0 Å². The van der Waals surface area contributed by atoms with Gasteiger partial charge in [0.05, 0.1) is 11.5 Å². The topological polar surface area (TPSA) is 44.1 Å². The number of fused-ring (bicyclic) bond motifs is 1. The van der Waals surface area contributed by atoms with Gasteiger partial charge in [-0.25, -0.2) is 4.98 Å². The van der Waals surface area contributed by atoms with Crippen LogP contribution in [0, 0.1) is 0 Å². The van der Waals surface area contributed by atoms with E-state index in [9.17, 15) is 4.79 Å². The lowest BCUT2D eigenvalue weighted by Gasteiger charge is -2.22. The number of nitrogens with zero attached hydrogens (tertiary/aromatic N) is 2. The Labute approximate surface area is 144 Å². The van der Waals surface area contributed by atoms with Crippen LogP contribution in [-0.4, -0.2) is 28.0 Å². The molecule has 0 unspecified atom stereocenters. The van der Waals surface area contributed by atoms with Crippen molar-refractivity contribution in [3.8, 4) is 0 Å². The molecule has 3 rings (SSSR count). The molecule has 0 radical (unpaired) electrons. The first-order valence-electron chi connectivity index (χ1n) is 8.11. The Balaban J connectivity index is 1.91. The second-order valence-electron chi connectivity index (χ2n) is 5.68. The smallest absolute Gasteiger partial charge is 0.263 e. The van der Waals surface area contributed by atoms with Crippen molar-refractivity contribution in [2.75, 3.05) is 12.4 Å². The molecule has 0 spiro atoms. The summed E-state index contributed by atoms with van der Waals surface area (Å²) in [4.78, 5) is 19.6. The number of aromatic nitrogens is 2. The van der Waals surface area contributed by atoms with Crippen LogP contribution < -0.4 is 5.56 Å². The lowest BCUT2D eigenvalue weighted by molar-refractivity contribution is 0.0315. The van der Waals surface area contributed by atoms with E-state index in [0.29, 0.717) is 6.54 Å². The molecule has 1 fully saturated rings. The maximum Gasteiger partial charge on any atom is 0.263 e. The van der Waals surface area contributed by atoms with E-state index in [4.69, 9.17) is 9.72 Å². The zero-order valence-electron chi connectivity index (χ0n) is 13.4. The maximum absolute atomic E-state index is 12.8. The fraction of sp³-hybridized carbons (Fsp3) is 0.529. The Morgan fingerprint density at radius 3 is 3.13 bits per heavy atom. The Kier molecular flexibility index (Phi) is 5.56. The number of rotatable bonds is 6. The minimum absolute atomic E-state index is 0.0397. The third kappa shape index (κ3) is 3.70. The average molecular weight is 351 g/mol. The first kappa shape index (κ1) is 16.7. The summed E-state index contributed by atoms with van der Waals surface area (Å²) in [5.41, 5.74) is 0.0397. The number of thiophene rings is 1. The van der Waals surface area contributed by atoms with Gasteiger partial charge in [-0.3, -0.25) is 9.36 Å². The van der Waals surface area contributed by atoms with Crippen LogP contribution in [-0.2, 0) is 17.7 Å². The average Bonchev–Trinajstić information content (AvgIpc) is 3.00. The summed E-state index contributed by atoms with van der Waals surface area (Å²) in [6.45, 7) is 7.21. The van der Waals surface area contributed by atoms with E-state index in [2.05, 4.69) is 13.5 Å². The summed E-state index contributed by atoms with van der Waals surface area (Å²) < 4.78 is 7.52. The fourth-order valence-electron chi connectivity index (χ4n) is 2.73. The van der Waals surface area contributed by atoms with E-state index < -0.39 is 0 Å². The molecule has 0 aromatic carbocycles. The molecular weight excluding hydrogens is 328 g/mol. The first-order valence-corrected chi connectivity index (χ1v) is 9.91. The second-order valence-corrected chi connectivity index (χ2v) is 7.79. The molecule has 0 N–H and O–H groups in total. The zero-order valence-corrected chi connectivity index (χ0v) is 15.0. The summed E-state index contributed by atoms with van der Waals surface area (Å²) in [7, 11) is 0. The predicted octanol–water partition coefficient (Wildman–Crippen LogP) is 3.87. The molecule has 0 saturated carbocycles. The number of thioether (sulfide) groups is 1. The normalized spacial score (nSPS) is 18.4. The molecule has 124 valence electrons. The van der Waals surface area contributed by atoms with Crippen LogP contribution in [0.3, 0.4) is 0 Å². The molecule has 0 amide bonds. The minimum atomic E-state index is 0.0397. The molecular formula is C17H22N2O2S2. The van der Waals surface area contributed by atoms with Crippen molar-refractivity contribution >= 4 is 33.3 Å². The molecule has 0 bridgehead atoms. The Bertz CT molecular complexity index is 745. The van der Waals surface area contributed by atoms with Gasteiger partial charge in [0.2, 0.25) is 0 Å². The SMILES string of the molecule is C=CCn1c(SC[C@H]2CCCCO2)nc2sc(CC)cc2c1=O. The molecule has 2 aromatic rings. The molecule has 1 aliphatic heterocycles. The molecule has 4 nitrogen and oxygen atoms in total. The Hall–Kier alpha value is -1.11. The van der Waals surface area contributed by atoms with Gasteiger partial charge >= 0.3 is 0 Å². The van der Waals surface area contributed by atoms with E-state index in [1.54, 1.807) is 33.7 Å². The molecule has 1 saturated heterocycles. The highest BCUT2D eigenvalue weighted by Crippen LogP contribution is 2.27. The Morgan fingerprint density at radius 1 is 1.57 bits per heavy atom. The third-order valence-corrected chi connectivity index (χ3v) is 6.28. The standard InChI is InChI=1S/C17H22N2O2S2/c1-3-8-19-16(20)14-10-13(4-2)23-15(14)18-17(19)22-11-12-7-5-6-9-21-12/h3,10,12H,1,4-9,11H2,2H3/t12-/m1/s1. The van der Waals surface area contributed by atoms with Crippen molar-refractivity contribution in [3.05, 3.63) is 34.0 Å². The van der Waals surface area contributed by atoms with Crippen molar-refractivity contribution in [1.82, 2.24) is 9.55 Å². The fourth-order valence-corrected chi connectivity index (χ4v) is 4.81. The summed E-state index contributed by atoms with van der Waals surface area (Å²) >= 11 is 3.24. The number of ether oxygens (including phenoxy) is 1. The van der Waals surface area contributed by atoms with Gasteiger partial charge in [0.1, 0.15) is 4.83 Å². The van der Waals surface area contributed by atoms with Gasteiger partial charge in [-0.05, 0) is 31.7 Å². The van der Waals surface area contributed by atoms with Crippen LogP contribution in [0.25, 0.3) is 10.2 Å². The van der Waals surface area contributed by atoms with Crippen LogP contribution in [0.2, 0.25) is 0 Å². The first-order chi connectivity index (χ1) is 11.2. The zero-order chi connectivity index (χ0) is 16.2. The van der Waals surface area contributed by atoms with Gasteiger partial charge in [-0.1, -0.05) is 24.8 Å². The monoisotopic (exact) mass is 350 g/mol. The van der Waals surface area contributed by atoms with E-state index in [0.717, 1.165) is 47.0 Å². The summed E-state index contributed by atoms with van der Waals surface area (Å²) in [6.07, 6.45) is 6.43. The van der Waals surface area contributed by atoms with Gasteiger partial charge in [0.15, 0.2) is 5.16 Å². The number of aryl methyl sites for hydroxylation is 1. The number of allylic oxidation sites excluding steroid dienone is 1. The van der Waals surface area contributed by atoms with Gasteiger partial charge in [0.25, 0.3) is 5.56 Å². The van der Waals surface area contributed by atoms with E-state index in [-0.39, 0.29) is 11.7 Å². The van der Waals surface area contributed by atoms with E-state index in [1.165, 1.54) is 11.3 Å². The largest absolute Gasteiger partial charge is 0.377 e. The van der Waals surface area contributed by atoms with Crippen molar-refractivity contribution < 1.29 is 4.74 Å². The minimum Gasteiger partial charge on any atom is -0.377 e. The molecule has 3 heterocycles. The van der Waals surface area contributed by atoms with Crippen molar-refractivity contribution in [2.45, 2.75) is 50.4 Å².